The maximum atomic E-state index is 12.1. The molecule has 1 amide bonds. The highest BCUT2D eigenvalue weighted by Gasteiger charge is 2.27. The minimum atomic E-state index is -1.06. The SMILES string of the molecule is CCC(C)[C@H](NC(=O)c1cc(Cl)c(Cl)n1C)C(=O)O. The van der Waals surface area contributed by atoms with Crippen LogP contribution in [0.15, 0.2) is 6.07 Å². The lowest BCUT2D eigenvalue weighted by molar-refractivity contribution is -0.140. The molecule has 0 fully saturated rings. The summed E-state index contributed by atoms with van der Waals surface area (Å²) in [4.78, 5) is 23.2. The number of nitrogens with one attached hydrogen (secondary N) is 1. The largest absolute Gasteiger partial charge is 0.480 e. The second-order valence-electron chi connectivity index (χ2n) is 4.40. The zero-order chi connectivity index (χ0) is 14.7. The molecule has 0 aliphatic rings. The summed E-state index contributed by atoms with van der Waals surface area (Å²) >= 11 is 11.7. The van der Waals surface area contributed by atoms with Crippen LogP contribution in [0.1, 0.15) is 30.8 Å². The predicted octanol–water partition coefficient (Wildman–Crippen LogP) is 2.56. The van der Waals surface area contributed by atoms with Crippen LogP contribution in [0, 0.1) is 5.92 Å². The third-order valence-corrected chi connectivity index (χ3v) is 3.96. The zero-order valence-corrected chi connectivity index (χ0v) is 12.4. The van der Waals surface area contributed by atoms with Gasteiger partial charge in [0.25, 0.3) is 5.91 Å². The number of halogens is 2. The van der Waals surface area contributed by atoms with Crippen molar-refractivity contribution < 1.29 is 14.7 Å². The fourth-order valence-electron chi connectivity index (χ4n) is 1.66. The third kappa shape index (κ3) is 3.42. The minimum Gasteiger partial charge on any atom is -0.480 e. The van der Waals surface area contributed by atoms with Gasteiger partial charge in [0.1, 0.15) is 16.9 Å². The molecule has 5 nitrogen and oxygen atoms in total. The Morgan fingerprint density at radius 1 is 1.47 bits per heavy atom. The molecule has 0 saturated heterocycles. The Balaban J connectivity index is 2.94. The summed E-state index contributed by atoms with van der Waals surface area (Å²) in [5.41, 5.74) is 0.226. The van der Waals surface area contributed by atoms with E-state index in [0.717, 1.165) is 0 Å². The summed E-state index contributed by atoms with van der Waals surface area (Å²) in [6.07, 6.45) is 0.645. The number of carbonyl (C=O) groups excluding carboxylic acids is 1. The number of carbonyl (C=O) groups is 2. The number of aromatic nitrogens is 1. The molecule has 1 heterocycles. The Morgan fingerprint density at radius 3 is 2.42 bits per heavy atom. The monoisotopic (exact) mass is 306 g/mol. The molecule has 0 saturated carbocycles. The third-order valence-electron chi connectivity index (χ3n) is 3.11. The number of carboxylic acid groups (broad SMARTS) is 1. The van der Waals surface area contributed by atoms with E-state index in [4.69, 9.17) is 28.3 Å². The van der Waals surface area contributed by atoms with Crippen molar-refractivity contribution in [3.05, 3.63) is 21.9 Å². The van der Waals surface area contributed by atoms with Crippen LogP contribution in [-0.4, -0.2) is 27.6 Å². The average molecular weight is 307 g/mol. The number of hydrogen-bond donors (Lipinski definition) is 2. The van der Waals surface area contributed by atoms with E-state index < -0.39 is 17.9 Å². The Bertz CT molecular complexity index is 499. The molecule has 0 aliphatic carbocycles. The van der Waals surface area contributed by atoms with Crippen molar-refractivity contribution in [1.82, 2.24) is 9.88 Å². The van der Waals surface area contributed by atoms with Gasteiger partial charge in [-0.2, -0.15) is 0 Å². The first-order valence-electron chi connectivity index (χ1n) is 5.83. The molecule has 2 N–H and O–H groups in total. The maximum Gasteiger partial charge on any atom is 0.326 e. The second kappa shape index (κ2) is 6.30. The molecule has 2 atom stereocenters. The van der Waals surface area contributed by atoms with Crippen molar-refractivity contribution in [3.63, 3.8) is 0 Å². The van der Waals surface area contributed by atoms with E-state index in [0.29, 0.717) is 6.42 Å². The lowest BCUT2D eigenvalue weighted by Gasteiger charge is -2.20. The van der Waals surface area contributed by atoms with E-state index in [2.05, 4.69) is 5.32 Å². The van der Waals surface area contributed by atoms with Crippen molar-refractivity contribution in [2.24, 2.45) is 13.0 Å². The quantitative estimate of drug-likeness (QED) is 0.878. The topological polar surface area (TPSA) is 71.3 Å². The number of nitrogens with zero attached hydrogens (tertiary/aromatic N) is 1. The minimum absolute atomic E-state index is 0.173. The van der Waals surface area contributed by atoms with E-state index in [1.807, 2.05) is 6.92 Å². The molecule has 7 heteroatoms. The van der Waals surface area contributed by atoms with Crippen LogP contribution in [0.5, 0.6) is 0 Å². The van der Waals surface area contributed by atoms with Gasteiger partial charge < -0.3 is 15.0 Å². The number of carboxylic acids is 1. The van der Waals surface area contributed by atoms with Crippen LogP contribution >= 0.6 is 23.2 Å². The molecule has 0 radical (unpaired) electrons. The van der Waals surface area contributed by atoms with Gasteiger partial charge in [-0.1, -0.05) is 43.5 Å². The van der Waals surface area contributed by atoms with Crippen molar-refractivity contribution in [1.29, 1.82) is 0 Å². The summed E-state index contributed by atoms with van der Waals surface area (Å²) in [5, 5.41) is 12.1. The van der Waals surface area contributed by atoms with E-state index in [9.17, 15) is 9.59 Å². The summed E-state index contributed by atoms with van der Waals surface area (Å²) in [7, 11) is 1.59. The van der Waals surface area contributed by atoms with Crippen LogP contribution in [0.25, 0.3) is 0 Å². The van der Waals surface area contributed by atoms with Gasteiger partial charge in [0, 0.05) is 7.05 Å². The standard InChI is InChI=1S/C12H16Cl2N2O3/c1-4-6(2)9(12(18)19)15-11(17)8-5-7(13)10(14)16(8)3/h5-6,9H,4H2,1-3H3,(H,15,17)(H,18,19)/t6?,9-/m0/s1. The highest BCUT2D eigenvalue weighted by Crippen LogP contribution is 2.25. The highest BCUT2D eigenvalue weighted by atomic mass is 35.5. The van der Waals surface area contributed by atoms with Crippen LogP contribution in [-0.2, 0) is 11.8 Å². The molecule has 0 spiro atoms. The molecular formula is C12H16Cl2N2O3. The Hall–Kier alpha value is -1.20. The number of hydrogen-bond acceptors (Lipinski definition) is 2. The first-order valence-corrected chi connectivity index (χ1v) is 6.59. The van der Waals surface area contributed by atoms with Gasteiger partial charge >= 0.3 is 5.97 Å². The molecule has 1 aromatic rings. The Labute approximate surface area is 121 Å². The van der Waals surface area contributed by atoms with E-state index in [1.54, 1.807) is 14.0 Å². The normalized spacial score (nSPS) is 13.9. The van der Waals surface area contributed by atoms with E-state index in [-0.39, 0.29) is 21.8 Å². The molecule has 0 aliphatic heterocycles. The summed E-state index contributed by atoms with van der Waals surface area (Å²) in [6.45, 7) is 3.63. The number of aliphatic carboxylic acids is 1. The number of amides is 1. The molecule has 1 unspecified atom stereocenters. The van der Waals surface area contributed by atoms with Gasteiger partial charge in [-0.25, -0.2) is 4.79 Å². The zero-order valence-electron chi connectivity index (χ0n) is 10.9. The lowest BCUT2D eigenvalue weighted by atomic mass is 9.99. The van der Waals surface area contributed by atoms with Crippen molar-refractivity contribution in [2.75, 3.05) is 0 Å². The van der Waals surface area contributed by atoms with Crippen LogP contribution in [0.4, 0.5) is 0 Å². The first-order chi connectivity index (χ1) is 8.79. The van der Waals surface area contributed by atoms with Crippen molar-refractivity contribution >= 4 is 35.1 Å². The predicted molar refractivity (Wildman–Crippen MR) is 73.8 cm³/mol. The molecule has 0 aromatic carbocycles. The van der Waals surface area contributed by atoms with Gasteiger partial charge in [-0.3, -0.25) is 4.79 Å². The van der Waals surface area contributed by atoms with Crippen LogP contribution < -0.4 is 5.32 Å². The second-order valence-corrected chi connectivity index (χ2v) is 5.17. The van der Waals surface area contributed by atoms with E-state index in [1.165, 1.54) is 10.6 Å². The van der Waals surface area contributed by atoms with Gasteiger partial charge in [0.2, 0.25) is 0 Å². The van der Waals surface area contributed by atoms with Gasteiger partial charge in [0.15, 0.2) is 0 Å². The number of rotatable bonds is 5. The van der Waals surface area contributed by atoms with Crippen LogP contribution in [0.3, 0.4) is 0 Å². The van der Waals surface area contributed by atoms with Crippen molar-refractivity contribution in [3.8, 4) is 0 Å². The Morgan fingerprint density at radius 2 is 2.05 bits per heavy atom. The lowest BCUT2D eigenvalue weighted by Crippen LogP contribution is -2.45. The maximum absolute atomic E-state index is 12.1. The smallest absolute Gasteiger partial charge is 0.326 e. The average Bonchev–Trinajstić information content (AvgIpc) is 2.62. The highest BCUT2D eigenvalue weighted by molar-refractivity contribution is 6.41. The van der Waals surface area contributed by atoms with Gasteiger partial charge in [0.05, 0.1) is 5.02 Å². The molecule has 1 rings (SSSR count). The fourth-order valence-corrected chi connectivity index (χ4v) is 2.03. The molecular weight excluding hydrogens is 291 g/mol. The van der Waals surface area contributed by atoms with Crippen molar-refractivity contribution in [2.45, 2.75) is 26.3 Å². The fraction of sp³-hybridized carbons (Fsp3) is 0.500. The molecule has 106 valence electrons. The van der Waals surface area contributed by atoms with E-state index >= 15 is 0 Å². The van der Waals surface area contributed by atoms with Crippen LogP contribution in [0.2, 0.25) is 10.2 Å². The summed E-state index contributed by atoms with van der Waals surface area (Å²) in [5.74, 6) is -1.74. The summed E-state index contributed by atoms with van der Waals surface area (Å²) in [6, 6.07) is 0.472. The molecule has 19 heavy (non-hydrogen) atoms. The summed E-state index contributed by atoms with van der Waals surface area (Å²) < 4.78 is 1.41. The molecule has 0 bridgehead atoms. The molecule has 1 aromatic heterocycles. The Kier molecular flexibility index (Phi) is 5.26. The van der Waals surface area contributed by atoms with Gasteiger partial charge in [-0.05, 0) is 12.0 Å². The van der Waals surface area contributed by atoms with Gasteiger partial charge in [-0.15, -0.1) is 0 Å². The first kappa shape index (κ1) is 15.9.